The van der Waals surface area contributed by atoms with Gasteiger partial charge in [-0.25, -0.2) is 0 Å². The number of carbonyl (C=O) groups excluding carboxylic acids is 1. The summed E-state index contributed by atoms with van der Waals surface area (Å²) in [5.41, 5.74) is 2.07. The summed E-state index contributed by atoms with van der Waals surface area (Å²) in [6.45, 7) is 5.13. The molecule has 0 aliphatic heterocycles. The summed E-state index contributed by atoms with van der Waals surface area (Å²) < 4.78 is 5.78. The fourth-order valence-electron chi connectivity index (χ4n) is 2.30. The first-order chi connectivity index (χ1) is 11.3. The van der Waals surface area contributed by atoms with Crippen LogP contribution in [0.3, 0.4) is 0 Å². The molecule has 0 bridgehead atoms. The Kier molecular flexibility index (Phi) is 7.08. The molecule has 3 nitrogen and oxygen atoms in total. The maximum atomic E-state index is 12.4. The molecule has 1 N–H and O–H groups in total. The lowest BCUT2D eigenvalue weighted by Crippen LogP contribution is -2.32. The van der Waals surface area contributed by atoms with Crippen LogP contribution in [0.15, 0.2) is 73.3 Å². The van der Waals surface area contributed by atoms with Crippen LogP contribution in [-0.4, -0.2) is 19.1 Å². The van der Waals surface area contributed by atoms with E-state index >= 15 is 0 Å². The van der Waals surface area contributed by atoms with Crippen molar-refractivity contribution >= 4 is 5.91 Å². The van der Waals surface area contributed by atoms with Gasteiger partial charge < -0.3 is 10.1 Å². The van der Waals surface area contributed by atoms with E-state index in [9.17, 15) is 4.79 Å². The second-order valence-corrected chi connectivity index (χ2v) is 5.33. The Morgan fingerprint density at radius 1 is 1.09 bits per heavy atom. The number of benzene rings is 2. The minimum absolute atomic E-state index is 0.00823. The summed E-state index contributed by atoms with van der Waals surface area (Å²) in [6, 6.07) is 19.7. The molecule has 0 aliphatic rings. The molecule has 0 saturated carbocycles. The van der Waals surface area contributed by atoms with E-state index in [1.807, 2.05) is 60.7 Å². The zero-order chi connectivity index (χ0) is 16.3. The zero-order valence-electron chi connectivity index (χ0n) is 13.3. The molecule has 0 radical (unpaired) electrons. The van der Waals surface area contributed by atoms with Crippen molar-refractivity contribution in [2.75, 3.05) is 13.2 Å². The molecule has 0 fully saturated rings. The predicted octanol–water partition coefficient (Wildman–Crippen LogP) is 3.68. The number of nitrogens with one attached hydrogen (secondary N) is 1. The van der Waals surface area contributed by atoms with E-state index in [-0.39, 0.29) is 11.8 Å². The minimum atomic E-state index is -0.301. The van der Waals surface area contributed by atoms with Gasteiger partial charge in [0.25, 0.3) is 0 Å². The lowest BCUT2D eigenvalue weighted by Gasteiger charge is -2.17. The molecular formula is C20H23NO2. The average Bonchev–Trinajstić information content (AvgIpc) is 2.60. The number of ether oxygens (including phenoxy) is 1. The van der Waals surface area contributed by atoms with Crippen LogP contribution in [0.25, 0.3) is 0 Å². The first kappa shape index (κ1) is 17.0. The van der Waals surface area contributed by atoms with Crippen molar-refractivity contribution in [3.63, 3.8) is 0 Å². The van der Waals surface area contributed by atoms with Gasteiger partial charge in [0.2, 0.25) is 5.91 Å². The highest BCUT2D eigenvalue weighted by Crippen LogP contribution is 2.17. The summed E-state index contributed by atoms with van der Waals surface area (Å²) in [4.78, 5) is 12.4. The van der Waals surface area contributed by atoms with Crippen LogP contribution < -0.4 is 5.32 Å². The van der Waals surface area contributed by atoms with Gasteiger partial charge in [-0.15, -0.1) is 6.58 Å². The number of hydrogen-bond donors (Lipinski definition) is 1. The Bertz CT molecular complexity index is 596. The second kappa shape index (κ2) is 9.59. The third-order valence-corrected chi connectivity index (χ3v) is 3.56. The minimum Gasteiger partial charge on any atom is -0.376 e. The monoisotopic (exact) mass is 309 g/mol. The maximum absolute atomic E-state index is 12.4. The molecule has 0 spiro atoms. The fourth-order valence-corrected chi connectivity index (χ4v) is 2.30. The van der Waals surface area contributed by atoms with Gasteiger partial charge in [0.1, 0.15) is 0 Å². The third kappa shape index (κ3) is 5.72. The topological polar surface area (TPSA) is 38.3 Å². The highest BCUT2D eigenvalue weighted by Gasteiger charge is 2.20. The van der Waals surface area contributed by atoms with Gasteiger partial charge in [0.05, 0.1) is 19.1 Å². The predicted molar refractivity (Wildman–Crippen MR) is 93.1 cm³/mol. The Labute approximate surface area is 138 Å². The van der Waals surface area contributed by atoms with Crippen LogP contribution in [0.2, 0.25) is 0 Å². The fraction of sp³-hybridized carbons (Fsp3) is 0.250. The van der Waals surface area contributed by atoms with Gasteiger partial charge in [0.15, 0.2) is 0 Å². The van der Waals surface area contributed by atoms with Gasteiger partial charge in [-0.1, -0.05) is 66.7 Å². The third-order valence-electron chi connectivity index (χ3n) is 3.56. The average molecular weight is 309 g/mol. The van der Waals surface area contributed by atoms with Crippen LogP contribution >= 0.6 is 0 Å². The van der Waals surface area contributed by atoms with Crippen molar-refractivity contribution in [2.45, 2.75) is 18.9 Å². The van der Waals surface area contributed by atoms with E-state index in [0.29, 0.717) is 19.8 Å². The van der Waals surface area contributed by atoms with E-state index in [4.69, 9.17) is 4.74 Å². The summed E-state index contributed by atoms with van der Waals surface area (Å²) in [5.74, 6) is -0.309. The van der Waals surface area contributed by atoms with Gasteiger partial charge in [-0.2, -0.15) is 0 Å². The molecular weight excluding hydrogens is 286 g/mol. The summed E-state index contributed by atoms with van der Waals surface area (Å²) in [6.07, 6.45) is 2.56. The van der Waals surface area contributed by atoms with Gasteiger partial charge >= 0.3 is 0 Å². The van der Waals surface area contributed by atoms with E-state index < -0.39 is 0 Å². The van der Waals surface area contributed by atoms with Gasteiger partial charge in [0, 0.05) is 6.54 Å². The summed E-state index contributed by atoms with van der Waals surface area (Å²) in [7, 11) is 0. The highest BCUT2D eigenvalue weighted by molar-refractivity contribution is 5.83. The van der Waals surface area contributed by atoms with Gasteiger partial charge in [-0.05, 0) is 17.5 Å². The van der Waals surface area contributed by atoms with Crippen LogP contribution in [0, 0.1) is 0 Å². The van der Waals surface area contributed by atoms with Crippen molar-refractivity contribution < 1.29 is 9.53 Å². The van der Waals surface area contributed by atoms with E-state index in [1.165, 1.54) is 0 Å². The molecule has 0 saturated heterocycles. The van der Waals surface area contributed by atoms with Crippen LogP contribution in [0.5, 0.6) is 0 Å². The van der Waals surface area contributed by atoms with Crippen LogP contribution in [0.1, 0.15) is 23.5 Å². The molecule has 2 rings (SSSR count). The molecule has 2 aromatic carbocycles. The molecule has 23 heavy (non-hydrogen) atoms. The standard InChI is InChI=1S/C20H23NO2/c1-2-3-14-21-20(22)19(18-12-8-5-9-13-18)16-23-15-17-10-6-4-7-11-17/h2,4-13,19H,1,3,14-16H2,(H,21,22)/t19-/m0/s1. The first-order valence-corrected chi connectivity index (χ1v) is 7.86. The zero-order valence-corrected chi connectivity index (χ0v) is 13.3. The molecule has 0 aromatic heterocycles. The Morgan fingerprint density at radius 2 is 1.74 bits per heavy atom. The maximum Gasteiger partial charge on any atom is 0.229 e. The quantitative estimate of drug-likeness (QED) is 0.567. The molecule has 1 amide bonds. The molecule has 2 aromatic rings. The Balaban J connectivity index is 1.96. The second-order valence-electron chi connectivity index (χ2n) is 5.33. The Hall–Kier alpha value is -2.39. The smallest absolute Gasteiger partial charge is 0.229 e. The van der Waals surface area contributed by atoms with Crippen molar-refractivity contribution in [1.29, 1.82) is 0 Å². The first-order valence-electron chi connectivity index (χ1n) is 7.86. The molecule has 0 unspecified atom stereocenters. The molecule has 3 heteroatoms. The normalized spacial score (nSPS) is 11.7. The number of rotatable bonds is 9. The van der Waals surface area contributed by atoms with Crippen molar-refractivity contribution in [2.24, 2.45) is 0 Å². The molecule has 0 aliphatic carbocycles. The van der Waals surface area contributed by atoms with E-state index in [2.05, 4.69) is 11.9 Å². The molecule has 1 atom stereocenters. The summed E-state index contributed by atoms with van der Waals surface area (Å²) >= 11 is 0. The lowest BCUT2D eigenvalue weighted by atomic mass is 9.99. The van der Waals surface area contributed by atoms with E-state index in [1.54, 1.807) is 6.08 Å². The van der Waals surface area contributed by atoms with E-state index in [0.717, 1.165) is 17.5 Å². The van der Waals surface area contributed by atoms with Crippen LogP contribution in [-0.2, 0) is 16.1 Å². The largest absolute Gasteiger partial charge is 0.376 e. The van der Waals surface area contributed by atoms with Crippen molar-refractivity contribution in [1.82, 2.24) is 5.32 Å². The highest BCUT2D eigenvalue weighted by atomic mass is 16.5. The lowest BCUT2D eigenvalue weighted by molar-refractivity contribution is -0.124. The number of hydrogen-bond acceptors (Lipinski definition) is 2. The van der Waals surface area contributed by atoms with Crippen molar-refractivity contribution in [3.8, 4) is 0 Å². The van der Waals surface area contributed by atoms with Crippen LogP contribution in [0.4, 0.5) is 0 Å². The van der Waals surface area contributed by atoms with Crippen molar-refractivity contribution in [3.05, 3.63) is 84.4 Å². The number of amides is 1. The summed E-state index contributed by atoms with van der Waals surface area (Å²) in [5, 5.41) is 2.94. The molecule has 120 valence electrons. The molecule has 0 heterocycles. The number of carbonyl (C=O) groups is 1. The Morgan fingerprint density at radius 3 is 2.39 bits per heavy atom. The SMILES string of the molecule is C=CCCNC(=O)[C@@H](COCc1ccccc1)c1ccccc1. The van der Waals surface area contributed by atoms with Gasteiger partial charge in [-0.3, -0.25) is 4.79 Å².